The molecule has 76 valence electrons. The summed E-state index contributed by atoms with van der Waals surface area (Å²) in [4.78, 5) is 10.9. The van der Waals surface area contributed by atoms with Crippen molar-refractivity contribution in [1.29, 1.82) is 0 Å². The Bertz CT molecular complexity index is 323. The molecule has 0 aromatic heterocycles. The third kappa shape index (κ3) is 2.49. The lowest BCUT2D eigenvalue weighted by Crippen LogP contribution is -2.33. The van der Waals surface area contributed by atoms with E-state index < -0.39 is 12.0 Å². The van der Waals surface area contributed by atoms with Crippen molar-refractivity contribution in [1.82, 2.24) is 0 Å². The van der Waals surface area contributed by atoms with Crippen molar-refractivity contribution in [2.75, 3.05) is 0 Å². The van der Waals surface area contributed by atoms with Crippen molar-refractivity contribution in [3.63, 3.8) is 0 Å². The van der Waals surface area contributed by atoms with Crippen molar-refractivity contribution in [2.24, 2.45) is 5.73 Å². The summed E-state index contributed by atoms with van der Waals surface area (Å²) in [6.45, 7) is 3.80. The highest BCUT2D eigenvalue weighted by Crippen LogP contribution is 2.18. The summed E-state index contributed by atoms with van der Waals surface area (Å²) in [6.07, 6.45) is 0.0556. The second kappa shape index (κ2) is 4.65. The minimum atomic E-state index is -0.531. The number of ether oxygens (including phenoxy) is 1. The number of primary amides is 1. The number of benzene rings is 1. The number of nitrogens with two attached hydrogens (primary N) is 1. The lowest BCUT2D eigenvalue weighted by molar-refractivity contribution is -0.124. The molecule has 1 amide bonds. The molecular weight excluding hydrogens is 178 g/mol. The van der Waals surface area contributed by atoms with Crippen LogP contribution in [-0.4, -0.2) is 12.0 Å². The molecule has 1 aromatic carbocycles. The Hall–Kier alpha value is -1.51. The summed E-state index contributed by atoms with van der Waals surface area (Å²) in [6, 6.07) is 7.56. The number of rotatable bonds is 4. The van der Waals surface area contributed by atoms with E-state index in [0.29, 0.717) is 6.42 Å². The van der Waals surface area contributed by atoms with Crippen LogP contribution in [0.15, 0.2) is 24.3 Å². The molecule has 1 aromatic rings. The molecule has 3 heteroatoms. The van der Waals surface area contributed by atoms with Crippen molar-refractivity contribution < 1.29 is 9.53 Å². The van der Waals surface area contributed by atoms with Gasteiger partial charge in [-0.05, 0) is 25.0 Å². The van der Waals surface area contributed by atoms with Crippen LogP contribution in [0.3, 0.4) is 0 Å². The molecule has 0 fully saturated rings. The SMILES string of the molecule is CC[C@H](Oc1ccccc1C)C(N)=O. The molecule has 3 nitrogen and oxygen atoms in total. The molecule has 14 heavy (non-hydrogen) atoms. The molecule has 0 spiro atoms. The Morgan fingerprint density at radius 1 is 1.50 bits per heavy atom. The summed E-state index contributed by atoms with van der Waals surface area (Å²) in [5.41, 5.74) is 6.19. The summed E-state index contributed by atoms with van der Waals surface area (Å²) >= 11 is 0. The van der Waals surface area contributed by atoms with Crippen LogP contribution < -0.4 is 10.5 Å². The van der Waals surface area contributed by atoms with Crippen LogP contribution in [0.5, 0.6) is 5.75 Å². The first-order valence-corrected chi connectivity index (χ1v) is 4.66. The molecule has 1 atom stereocenters. The van der Waals surface area contributed by atoms with Crippen molar-refractivity contribution >= 4 is 5.91 Å². The fourth-order valence-electron chi connectivity index (χ4n) is 1.18. The Morgan fingerprint density at radius 2 is 2.14 bits per heavy atom. The van der Waals surface area contributed by atoms with E-state index in [9.17, 15) is 4.79 Å². The largest absolute Gasteiger partial charge is 0.480 e. The molecule has 2 N–H and O–H groups in total. The van der Waals surface area contributed by atoms with Crippen LogP contribution in [0.2, 0.25) is 0 Å². The summed E-state index contributed by atoms with van der Waals surface area (Å²) in [7, 11) is 0. The van der Waals surface area contributed by atoms with E-state index >= 15 is 0 Å². The summed E-state index contributed by atoms with van der Waals surface area (Å²) < 4.78 is 5.48. The molecular formula is C11H15NO2. The molecule has 1 rings (SSSR count). The minimum absolute atomic E-state index is 0.421. The van der Waals surface area contributed by atoms with Gasteiger partial charge in [-0.3, -0.25) is 4.79 Å². The number of amides is 1. The zero-order valence-electron chi connectivity index (χ0n) is 8.49. The average Bonchev–Trinajstić information content (AvgIpc) is 2.16. The normalized spacial score (nSPS) is 12.1. The van der Waals surface area contributed by atoms with Crippen LogP contribution in [0.25, 0.3) is 0 Å². The maximum atomic E-state index is 10.9. The highest BCUT2D eigenvalue weighted by Gasteiger charge is 2.14. The number of carbonyl (C=O) groups excluding carboxylic acids is 1. The van der Waals surface area contributed by atoms with Gasteiger partial charge in [0.05, 0.1) is 0 Å². The van der Waals surface area contributed by atoms with E-state index in [1.807, 2.05) is 38.1 Å². The predicted octanol–water partition coefficient (Wildman–Crippen LogP) is 1.64. The average molecular weight is 193 g/mol. The summed E-state index contributed by atoms with van der Waals surface area (Å²) in [5, 5.41) is 0. The lowest BCUT2D eigenvalue weighted by Gasteiger charge is -2.15. The molecule has 0 saturated heterocycles. The second-order valence-electron chi connectivity index (χ2n) is 3.18. The van der Waals surface area contributed by atoms with Crippen molar-refractivity contribution in [3.05, 3.63) is 29.8 Å². The molecule has 0 saturated carbocycles. The van der Waals surface area contributed by atoms with Gasteiger partial charge in [-0.25, -0.2) is 0 Å². The smallest absolute Gasteiger partial charge is 0.258 e. The van der Waals surface area contributed by atoms with Crippen LogP contribution in [-0.2, 0) is 4.79 Å². The van der Waals surface area contributed by atoms with Gasteiger partial charge >= 0.3 is 0 Å². The van der Waals surface area contributed by atoms with Gasteiger partial charge in [0.15, 0.2) is 6.10 Å². The molecule has 0 heterocycles. The fourth-order valence-corrected chi connectivity index (χ4v) is 1.18. The van der Waals surface area contributed by atoms with E-state index in [1.54, 1.807) is 0 Å². The first kappa shape index (κ1) is 10.6. The fraction of sp³-hybridized carbons (Fsp3) is 0.364. The number of carbonyl (C=O) groups is 1. The zero-order chi connectivity index (χ0) is 10.6. The molecule has 0 radical (unpaired) electrons. The van der Waals surface area contributed by atoms with Gasteiger partial charge in [0.25, 0.3) is 5.91 Å². The monoisotopic (exact) mass is 193 g/mol. The van der Waals surface area contributed by atoms with Gasteiger partial charge < -0.3 is 10.5 Å². The van der Waals surface area contributed by atoms with Gasteiger partial charge in [0, 0.05) is 0 Å². The maximum Gasteiger partial charge on any atom is 0.258 e. The first-order valence-electron chi connectivity index (χ1n) is 4.66. The van der Waals surface area contributed by atoms with Gasteiger partial charge in [-0.2, -0.15) is 0 Å². The molecule has 0 aliphatic heterocycles. The Balaban J connectivity index is 2.77. The van der Waals surface area contributed by atoms with Crippen molar-refractivity contribution in [3.8, 4) is 5.75 Å². The molecule has 0 unspecified atom stereocenters. The van der Waals surface area contributed by atoms with E-state index in [1.165, 1.54) is 0 Å². The molecule has 0 bridgehead atoms. The third-order valence-electron chi connectivity index (χ3n) is 2.05. The van der Waals surface area contributed by atoms with E-state index in [0.717, 1.165) is 11.3 Å². The van der Waals surface area contributed by atoms with E-state index in [2.05, 4.69) is 0 Å². The maximum absolute atomic E-state index is 10.9. The molecule has 0 aliphatic rings. The first-order chi connectivity index (χ1) is 6.65. The Kier molecular flexibility index (Phi) is 3.51. The number of hydrogen-bond acceptors (Lipinski definition) is 2. The topological polar surface area (TPSA) is 52.3 Å². The van der Waals surface area contributed by atoms with Crippen LogP contribution in [0.1, 0.15) is 18.9 Å². The standard InChI is InChI=1S/C11H15NO2/c1-3-9(11(12)13)14-10-7-5-4-6-8(10)2/h4-7,9H,3H2,1-2H3,(H2,12,13)/t9-/m0/s1. The number of para-hydroxylation sites is 1. The highest BCUT2D eigenvalue weighted by molar-refractivity contribution is 5.79. The third-order valence-corrected chi connectivity index (χ3v) is 2.05. The minimum Gasteiger partial charge on any atom is -0.480 e. The summed E-state index contributed by atoms with van der Waals surface area (Å²) in [5.74, 6) is 0.300. The second-order valence-corrected chi connectivity index (χ2v) is 3.18. The highest BCUT2D eigenvalue weighted by atomic mass is 16.5. The van der Waals surface area contributed by atoms with Gasteiger partial charge in [-0.15, -0.1) is 0 Å². The van der Waals surface area contributed by atoms with E-state index in [4.69, 9.17) is 10.5 Å². The quantitative estimate of drug-likeness (QED) is 0.790. The van der Waals surface area contributed by atoms with Gasteiger partial charge in [0.1, 0.15) is 5.75 Å². The van der Waals surface area contributed by atoms with E-state index in [-0.39, 0.29) is 0 Å². The Morgan fingerprint density at radius 3 is 2.64 bits per heavy atom. The van der Waals surface area contributed by atoms with Crippen LogP contribution in [0, 0.1) is 6.92 Å². The van der Waals surface area contributed by atoms with Crippen molar-refractivity contribution in [2.45, 2.75) is 26.4 Å². The predicted molar refractivity (Wildman–Crippen MR) is 55.1 cm³/mol. The zero-order valence-corrected chi connectivity index (χ0v) is 8.49. The number of aryl methyl sites for hydroxylation is 1. The number of hydrogen-bond donors (Lipinski definition) is 1. The van der Waals surface area contributed by atoms with Crippen LogP contribution in [0.4, 0.5) is 0 Å². The Labute approximate surface area is 83.9 Å². The van der Waals surface area contributed by atoms with Gasteiger partial charge in [-0.1, -0.05) is 25.1 Å². The molecule has 0 aliphatic carbocycles. The van der Waals surface area contributed by atoms with Gasteiger partial charge in [0.2, 0.25) is 0 Å². The van der Waals surface area contributed by atoms with Crippen LogP contribution >= 0.6 is 0 Å². The lowest BCUT2D eigenvalue weighted by atomic mass is 10.2.